The van der Waals surface area contributed by atoms with E-state index in [4.69, 9.17) is 4.74 Å². The third-order valence-electron chi connectivity index (χ3n) is 4.37. The van der Waals surface area contributed by atoms with Crippen molar-refractivity contribution in [2.45, 2.75) is 32.4 Å². The van der Waals surface area contributed by atoms with Crippen LogP contribution in [0.4, 0.5) is 0 Å². The minimum atomic E-state index is -0.770. The molecule has 3 unspecified atom stereocenters. The molecule has 0 radical (unpaired) electrons. The lowest BCUT2D eigenvalue weighted by atomic mass is 9.98. The van der Waals surface area contributed by atoms with Crippen LogP contribution in [0.3, 0.4) is 0 Å². The Balaban J connectivity index is 2.10. The first-order valence-corrected chi connectivity index (χ1v) is 7.16. The molecule has 4 heteroatoms. The van der Waals surface area contributed by atoms with E-state index in [9.17, 15) is 9.90 Å². The van der Waals surface area contributed by atoms with E-state index in [1.54, 1.807) is 0 Å². The Morgan fingerprint density at radius 2 is 2.05 bits per heavy atom. The van der Waals surface area contributed by atoms with Gasteiger partial charge in [-0.1, -0.05) is 31.2 Å². The number of likely N-dealkylation sites (N-methyl/N-ethyl adjacent to an activating group) is 1. The van der Waals surface area contributed by atoms with Gasteiger partial charge < -0.3 is 9.84 Å². The average Bonchev–Trinajstić information content (AvgIpc) is 2.95. The Labute approximate surface area is 120 Å². The highest BCUT2D eigenvalue weighted by atomic mass is 16.5. The predicted octanol–water partition coefficient (Wildman–Crippen LogP) is 2.34. The molecule has 0 spiro atoms. The van der Waals surface area contributed by atoms with E-state index in [2.05, 4.69) is 43.0 Å². The molecule has 1 saturated heterocycles. The number of hydrogen-bond acceptors (Lipinski definition) is 3. The number of rotatable bonds is 5. The summed E-state index contributed by atoms with van der Waals surface area (Å²) in [5.41, 5.74) is 2.52. The van der Waals surface area contributed by atoms with E-state index < -0.39 is 11.9 Å². The Hall–Kier alpha value is -1.39. The summed E-state index contributed by atoms with van der Waals surface area (Å²) in [5, 5.41) is 9.25. The number of ether oxygens (including phenoxy) is 1. The smallest absolute Gasteiger partial charge is 0.310 e. The molecule has 0 aromatic heterocycles. The SMILES string of the molecule is CCc1ccc(C(C)N(C)C2COCC2C(=O)O)cc1. The summed E-state index contributed by atoms with van der Waals surface area (Å²) in [5.74, 6) is -1.20. The number of aliphatic carboxylic acids is 1. The van der Waals surface area contributed by atoms with E-state index in [1.165, 1.54) is 11.1 Å². The molecule has 1 aliphatic heterocycles. The first-order valence-electron chi connectivity index (χ1n) is 7.16. The van der Waals surface area contributed by atoms with Crippen molar-refractivity contribution in [3.8, 4) is 0 Å². The number of carboxylic acids is 1. The third-order valence-corrected chi connectivity index (χ3v) is 4.37. The van der Waals surface area contributed by atoms with E-state index in [0.29, 0.717) is 13.2 Å². The van der Waals surface area contributed by atoms with Crippen molar-refractivity contribution in [3.63, 3.8) is 0 Å². The van der Waals surface area contributed by atoms with Crippen molar-refractivity contribution < 1.29 is 14.6 Å². The van der Waals surface area contributed by atoms with Gasteiger partial charge in [-0.3, -0.25) is 9.69 Å². The highest BCUT2D eigenvalue weighted by Gasteiger charge is 2.38. The summed E-state index contributed by atoms with van der Waals surface area (Å²) in [6.07, 6.45) is 1.03. The van der Waals surface area contributed by atoms with Crippen LogP contribution in [-0.4, -0.2) is 42.3 Å². The van der Waals surface area contributed by atoms with Crippen molar-refractivity contribution in [2.75, 3.05) is 20.3 Å². The van der Waals surface area contributed by atoms with Gasteiger partial charge in [-0.2, -0.15) is 0 Å². The van der Waals surface area contributed by atoms with Crippen LogP contribution in [-0.2, 0) is 16.0 Å². The highest BCUT2D eigenvalue weighted by molar-refractivity contribution is 5.71. The lowest BCUT2D eigenvalue weighted by molar-refractivity contribution is -0.143. The van der Waals surface area contributed by atoms with Crippen molar-refractivity contribution in [3.05, 3.63) is 35.4 Å². The van der Waals surface area contributed by atoms with Crippen LogP contribution in [0.5, 0.6) is 0 Å². The monoisotopic (exact) mass is 277 g/mol. The van der Waals surface area contributed by atoms with Gasteiger partial charge >= 0.3 is 5.97 Å². The van der Waals surface area contributed by atoms with Crippen molar-refractivity contribution in [2.24, 2.45) is 5.92 Å². The summed E-state index contributed by atoms with van der Waals surface area (Å²) in [4.78, 5) is 13.4. The van der Waals surface area contributed by atoms with Gasteiger partial charge in [-0.15, -0.1) is 0 Å². The van der Waals surface area contributed by atoms with Crippen LogP contribution in [0.15, 0.2) is 24.3 Å². The van der Waals surface area contributed by atoms with Gasteiger partial charge in [0.25, 0.3) is 0 Å². The van der Waals surface area contributed by atoms with Gasteiger partial charge in [-0.25, -0.2) is 0 Å². The molecule has 1 aliphatic rings. The zero-order valence-electron chi connectivity index (χ0n) is 12.4. The fourth-order valence-corrected chi connectivity index (χ4v) is 2.73. The molecule has 3 atom stereocenters. The largest absolute Gasteiger partial charge is 0.481 e. The average molecular weight is 277 g/mol. The number of hydrogen-bond donors (Lipinski definition) is 1. The molecule has 1 aromatic rings. The summed E-state index contributed by atoms with van der Waals surface area (Å²) in [7, 11) is 1.98. The maximum atomic E-state index is 11.3. The second-order valence-corrected chi connectivity index (χ2v) is 5.49. The molecule has 110 valence electrons. The Morgan fingerprint density at radius 3 is 2.60 bits per heavy atom. The van der Waals surface area contributed by atoms with Gasteiger partial charge in [0.05, 0.1) is 19.1 Å². The molecule has 2 rings (SSSR count). The quantitative estimate of drug-likeness (QED) is 0.897. The van der Waals surface area contributed by atoms with Crippen LogP contribution in [0.25, 0.3) is 0 Å². The summed E-state index contributed by atoms with van der Waals surface area (Å²) in [6.45, 7) is 5.05. The highest BCUT2D eigenvalue weighted by Crippen LogP contribution is 2.27. The van der Waals surface area contributed by atoms with E-state index in [-0.39, 0.29) is 12.1 Å². The Morgan fingerprint density at radius 1 is 1.40 bits per heavy atom. The Bertz CT molecular complexity index is 457. The minimum Gasteiger partial charge on any atom is -0.481 e. The fraction of sp³-hybridized carbons (Fsp3) is 0.562. The van der Waals surface area contributed by atoms with Crippen molar-refractivity contribution >= 4 is 5.97 Å². The maximum Gasteiger partial charge on any atom is 0.310 e. The van der Waals surface area contributed by atoms with E-state index >= 15 is 0 Å². The zero-order chi connectivity index (χ0) is 14.7. The normalized spacial score (nSPS) is 24.0. The molecule has 0 amide bonds. The first kappa shape index (κ1) is 15.0. The molecule has 4 nitrogen and oxygen atoms in total. The molecular formula is C16H23NO3. The van der Waals surface area contributed by atoms with Crippen LogP contribution in [0.2, 0.25) is 0 Å². The fourth-order valence-electron chi connectivity index (χ4n) is 2.73. The summed E-state index contributed by atoms with van der Waals surface area (Å²) in [6, 6.07) is 8.65. The van der Waals surface area contributed by atoms with Gasteiger partial charge in [0.2, 0.25) is 0 Å². The molecule has 1 N–H and O–H groups in total. The zero-order valence-corrected chi connectivity index (χ0v) is 12.4. The molecule has 1 aromatic carbocycles. The number of nitrogens with zero attached hydrogens (tertiary/aromatic N) is 1. The molecule has 20 heavy (non-hydrogen) atoms. The van der Waals surface area contributed by atoms with E-state index in [0.717, 1.165) is 6.42 Å². The molecule has 0 bridgehead atoms. The van der Waals surface area contributed by atoms with E-state index in [1.807, 2.05) is 7.05 Å². The van der Waals surface area contributed by atoms with Gasteiger partial charge in [0, 0.05) is 12.1 Å². The minimum absolute atomic E-state index is 0.0617. The number of benzene rings is 1. The number of carboxylic acid groups (broad SMARTS) is 1. The molecule has 1 fully saturated rings. The van der Waals surface area contributed by atoms with Crippen molar-refractivity contribution in [1.29, 1.82) is 0 Å². The molecule has 0 aliphatic carbocycles. The number of carbonyl (C=O) groups is 1. The first-order chi connectivity index (χ1) is 9.54. The van der Waals surface area contributed by atoms with Crippen LogP contribution in [0, 0.1) is 5.92 Å². The van der Waals surface area contributed by atoms with Crippen molar-refractivity contribution in [1.82, 2.24) is 4.90 Å². The van der Waals surface area contributed by atoms with Crippen LogP contribution in [0.1, 0.15) is 31.0 Å². The molecule has 0 saturated carbocycles. The van der Waals surface area contributed by atoms with Crippen LogP contribution >= 0.6 is 0 Å². The summed E-state index contributed by atoms with van der Waals surface area (Å²) >= 11 is 0. The topological polar surface area (TPSA) is 49.8 Å². The predicted molar refractivity (Wildman–Crippen MR) is 77.7 cm³/mol. The van der Waals surface area contributed by atoms with Gasteiger partial charge in [0.15, 0.2) is 0 Å². The van der Waals surface area contributed by atoms with Crippen LogP contribution < -0.4 is 0 Å². The Kier molecular flexibility index (Phi) is 4.78. The van der Waals surface area contributed by atoms with Gasteiger partial charge in [0.1, 0.15) is 0 Å². The molecular weight excluding hydrogens is 254 g/mol. The summed E-state index contributed by atoms with van der Waals surface area (Å²) < 4.78 is 5.35. The van der Waals surface area contributed by atoms with Gasteiger partial charge in [-0.05, 0) is 31.5 Å². The second-order valence-electron chi connectivity index (χ2n) is 5.49. The maximum absolute atomic E-state index is 11.3. The standard InChI is InChI=1S/C16H23NO3/c1-4-12-5-7-13(8-6-12)11(2)17(3)15-10-20-9-14(15)16(18)19/h5-8,11,14-15H,4,9-10H2,1-3H3,(H,18,19). The number of aryl methyl sites for hydroxylation is 1. The molecule has 1 heterocycles. The third kappa shape index (κ3) is 3.02. The lowest BCUT2D eigenvalue weighted by Crippen LogP contribution is -2.42. The lowest BCUT2D eigenvalue weighted by Gasteiger charge is -2.32. The second kappa shape index (κ2) is 6.37.